The van der Waals surface area contributed by atoms with E-state index in [-0.39, 0.29) is 11.9 Å². The van der Waals surface area contributed by atoms with Gasteiger partial charge in [0, 0.05) is 10.4 Å². The zero-order valence-electron chi connectivity index (χ0n) is 13.1. The Balaban J connectivity index is 2.13. The highest BCUT2D eigenvalue weighted by Gasteiger charge is 2.15. The molecule has 2 rings (SSSR count). The van der Waals surface area contributed by atoms with Crippen LogP contribution in [-0.2, 0) is 0 Å². The third-order valence-electron chi connectivity index (χ3n) is 3.12. The molecule has 0 bridgehead atoms. The maximum absolute atomic E-state index is 12.4. The maximum atomic E-state index is 12.4. The van der Waals surface area contributed by atoms with Crippen molar-refractivity contribution in [2.24, 2.45) is 0 Å². The summed E-state index contributed by atoms with van der Waals surface area (Å²) in [6.07, 6.45) is 0. The van der Waals surface area contributed by atoms with E-state index in [0.717, 1.165) is 4.88 Å². The van der Waals surface area contributed by atoms with Crippen LogP contribution in [0.15, 0.2) is 35.7 Å². The van der Waals surface area contributed by atoms with Gasteiger partial charge in [-0.3, -0.25) is 4.79 Å². The number of amides is 1. The van der Waals surface area contributed by atoms with Crippen LogP contribution in [0.4, 0.5) is 0 Å². The summed E-state index contributed by atoms with van der Waals surface area (Å²) in [6.45, 7) is 6.87. The Morgan fingerprint density at radius 1 is 1.18 bits per heavy atom. The minimum atomic E-state index is -0.120. The first-order chi connectivity index (χ1) is 10.7. The molecule has 1 aromatic heterocycles. The molecule has 0 fully saturated rings. The average molecular weight is 319 g/mol. The quantitative estimate of drug-likeness (QED) is 0.838. The first-order valence-corrected chi connectivity index (χ1v) is 8.27. The predicted octanol–water partition coefficient (Wildman–Crippen LogP) is 4.04. The van der Waals surface area contributed by atoms with Crippen LogP contribution in [0.1, 0.15) is 42.0 Å². The molecule has 1 aromatic carbocycles. The zero-order valence-corrected chi connectivity index (χ0v) is 13.9. The van der Waals surface area contributed by atoms with Crippen molar-refractivity contribution in [3.05, 3.63) is 46.2 Å². The molecule has 0 aliphatic rings. The molecule has 4 nitrogen and oxygen atoms in total. The molecular formula is C17H21NO3S. The molecule has 0 saturated heterocycles. The number of nitrogens with one attached hydrogen (secondary N) is 1. The van der Waals surface area contributed by atoms with Crippen LogP contribution in [0.2, 0.25) is 0 Å². The van der Waals surface area contributed by atoms with Crippen LogP contribution in [0.25, 0.3) is 0 Å². The summed E-state index contributed by atoms with van der Waals surface area (Å²) < 4.78 is 11.1. The van der Waals surface area contributed by atoms with Gasteiger partial charge in [-0.15, -0.1) is 11.3 Å². The van der Waals surface area contributed by atoms with Crippen LogP contribution < -0.4 is 14.8 Å². The van der Waals surface area contributed by atoms with Gasteiger partial charge in [-0.25, -0.2) is 0 Å². The van der Waals surface area contributed by atoms with Gasteiger partial charge < -0.3 is 14.8 Å². The smallest absolute Gasteiger partial charge is 0.251 e. The number of hydrogen-bond donors (Lipinski definition) is 1. The van der Waals surface area contributed by atoms with E-state index in [9.17, 15) is 4.79 Å². The van der Waals surface area contributed by atoms with E-state index in [1.54, 1.807) is 29.5 Å². The molecule has 22 heavy (non-hydrogen) atoms. The summed E-state index contributed by atoms with van der Waals surface area (Å²) in [5.74, 6) is 1.14. The monoisotopic (exact) mass is 319 g/mol. The molecule has 0 aliphatic carbocycles. The second-order valence-electron chi connectivity index (χ2n) is 4.74. The number of carbonyl (C=O) groups is 1. The Hall–Kier alpha value is -2.01. The van der Waals surface area contributed by atoms with Gasteiger partial charge in [0.05, 0.1) is 19.3 Å². The predicted molar refractivity (Wildman–Crippen MR) is 89.0 cm³/mol. The molecule has 1 heterocycles. The number of thiophene rings is 1. The van der Waals surface area contributed by atoms with Gasteiger partial charge in [0.25, 0.3) is 5.91 Å². The van der Waals surface area contributed by atoms with E-state index in [1.807, 2.05) is 38.3 Å². The van der Waals surface area contributed by atoms with Crippen molar-refractivity contribution >= 4 is 17.2 Å². The molecule has 1 atom stereocenters. The van der Waals surface area contributed by atoms with Crippen LogP contribution >= 0.6 is 11.3 Å². The Labute approximate surface area is 135 Å². The average Bonchev–Trinajstić information content (AvgIpc) is 3.04. The molecule has 0 radical (unpaired) electrons. The molecule has 0 saturated carbocycles. The Morgan fingerprint density at radius 2 is 1.91 bits per heavy atom. The number of carbonyl (C=O) groups excluding carboxylic acids is 1. The summed E-state index contributed by atoms with van der Waals surface area (Å²) >= 11 is 1.63. The van der Waals surface area contributed by atoms with Gasteiger partial charge >= 0.3 is 0 Å². The third kappa shape index (κ3) is 4.01. The van der Waals surface area contributed by atoms with Gasteiger partial charge in [-0.2, -0.15) is 0 Å². The topological polar surface area (TPSA) is 47.6 Å². The van der Waals surface area contributed by atoms with Crippen molar-refractivity contribution in [1.29, 1.82) is 0 Å². The lowest BCUT2D eigenvalue weighted by atomic mass is 10.1. The molecule has 1 amide bonds. The third-order valence-corrected chi connectivity index (χ3v) is 4.18. The lowest BCUT2D eigenvalue weighted by Gasteiger charge is -2.15. The standard InChI is InChI=1S/C17H21NO3S/c1-4-20-14-9-8-13(11-15(14)21-5-2)17(19)18-12(3)16-7-6-10-22-16/h6-12H,4-5H2,1-3H3,(H,18,19). The lowest BCUT2D eigenvalue weighted by molar-refractivity contribution is 0.0940. The van der Waals surface area contributed by atoms with Crippen LogP contribution in [0.5, 0.6) is 11.5 Å². The van der Waals surface area contributed by atoms with E-state index in [1.165, 1.54) is 0 Å². The Morgan fingerprint density at radius 3 is 2.55 bits per heavy atom. The molecule has 5 heteroatoms. The van der Waals surface area contributed by atoms with E-state index < -0.39 is 0 Å². The van der Waals surface area contributed by atoms with E-state index in [2.05, 4.69) is 5.32 Å². The van der Waals surface area contributed by atoms with Gasteiger partial charge in [0.1, 0.15) is 0 Å². The molecule has 2 aromatic rings. The summed E-state index contributed by atoms with van der Waals surface area (Å²) in [7, 11) is 0. The molecular weight excluding hydrogens is 298 g/mol. The minimum absolute atomic E-state index is 0.0189. The van der Waals surface area contributed by atoms with E-state index in [0.29, 0.717) is 30.3 Å². The highest BCUT2D eigenvalue weighted by molar-refractivity contribution is 7.10. The number of benzene rings is 1. The second-order valence-corrected chi connectivity index (χ2v) is 5.72. The van der Waals surface area contributed by atoms with Gasteiger partial charge in [-0.05, 0) is 50.4 Å². The first kappa shape index (κ1) is 16.4. The SMILES string of the molecule is CCOc1ccc(C(=O)NC(C)c2cccs2)cc1OCC. The normalized spacial score (nSPS) is 11.8. The number of rotatable bonds is 7. The second kappa shape index (κ2) is 7.84. The molecule has 118 valence electrons. The summed E-state index contributed by atoms with van der Waals surface area (Å²) in [4.78, 5) is 13.5. The Kier molecular flexibility index (Phi) is 5.83. The van der Waals surface area contributed by atoms with Crippen LogP contribution in [0.3, 0.4) is 0 Å². The van der Waals surface area contributed by atoms with E-state index in [4.69, 9.17) is 9.47 Å². The fourth-order valence-corrected chi connectivity index (χ4v) is 2.82. The van der Waals surface area contributed by atoms with Crippen molar-refractivity contribution in [3.8, 4) is 11.5 Å². The Bertz CT molecular complexity index is 610. The fourth-order valence-electron chi connectivity index (χ4n) is 2.08. The highest BCUT2D eigenvalue weighted by atomic mass is 32.1. The van der Waals surface area contributed by atoms with Gasteiger partial charge in [0.2, 0.25) is 0 Å². The van der Waals surface area contributed by atoms with Crippen LogP contribution in [-0.4, -0.2) is 19.1 Å². The van der Waals surface area contributed by atoms with Crippen molar-refractivity contribution in [2.75, 3.05) is 13.2 Å². The van der Waals surface area contributed by atoms with Crippen molar-refractivity contribution < 1.29 is 14.3 Å². The highest BCUT2D eigenvalue weighted by Crippen LogP contribution is 2.29. The van der Waals surface area contributed by atoms with Gasteiger partial charge in [-0.1, -0.05) is 6.07 Å². The van der Waals surface area contributed by atoms with Crippen molar-refractivity contribution in [3.63, 3.8) is 0 Å². The number of hydrogen-bond acceptors (Lipinski definition) is 4. The summed E-state index contributed by atoms with van der Waals surface area (Å²) in [6, 6.07) is 9.23. The maximum Gasteiger partial charge on any atom is 0.251 e. The summed E-state index contributed by atoms with van der Waals surface area (Å²) in [5, 5.41) is 5.00. The van der Waals surface area contributed by atoms with E-state index >= 15 is 0 Å². The first-order valence-electron chi connectivity index (χ1n) is 7.39. The van der Waals surface area contributed by atoms with Crippen molar-refractivity contribution in [1.82, 2.24) is 5.32 Å². The molecule has 1 unspecified atom stereocenters. The lowest BCUT2D eigenvalue weighted by Crippen LogP contribution is -2.26. The molecule has 0 spiro atoms. The number of ether oxygens (including phenoxy) is 2. The zero-order chi connectivity index (χ0) is 15.9. The van der Waals surface area contributed by atoms with Crippen molar-refractivity contribution in [2.45, 2.75) is 26.8 Å². The van der Waals surface area contributed by atoms with Crippen LogP contribution in [0, 0.1) is 0 Å². The minimum Gasteiger partial charge on any atom is -0.490 e. The molecule has 0 aliphatic heterocycles. The van der Waals surface area contributed by atoms with Gasteiger partial charge in [0.15, 0.2) is 11.5 Å². The largest absolute Gasteiger partial charge is 0.490 e. The fraction of sp³-hybridized carbons (Fsp3) is 0.353. The summed E-state index contributed by atoms with van der Waals surface area (Å²) in [5.41, 5.74) is 0.565. The molecule has 1 N–H and O–H groups in total.